The van der Waals surface area contributed by atoms with Gasteiger partial charge in [0, 0.05) is 31.3 Å². The fourth-order valence-corrected chi connectivity index (χ4v) is 5.78. The van der Waals surface area contributed by atoms with Crippen LogP contribution in [-0.2, 0) is 0 Å². The SMILES string of the molecule is c1ccc2cc(-c3nnc(-c4ccc(-c5cccc6c5sc5ccccc56)cc4)o3)ccc2c1. The van der Waals surface area contributed by atoms with Gasteiger partial charge >= 0.3 is 0 Å². The molecule has 0 atom stereocenters. The van der Waals surface area contributed by atoms with Crippen molar-refractivity contribution < 1.29 is 4.42 Å². The van der Waals surface area contributed by atoms with E-state index in [0.717, 1.165) is 16.5 Å². The van der Waals surface area contributed by atoms with Crippen molar-refractivity contribution in [2.75, 3.05) is 0 Å². The molecular weight excluding hydrogens is 436 g/mol. The first-order chi connectivity index (χ1) is 16.8. The fourth-order valence-electron chi connectivity index (χ4n) is 4.55. The Morgan fingerprint density at radius 2 is 1.21 bits per heavy atom. The zero-order chi connectivity index (χ0) is 22.5. The van der Waals surface area contributed by atoms with Crippen LogP contribution in [0.2, 0.25) is 0 Å². The zero-order valence-corrected chi connectivity index (χ0v) is 18.9. The van der Waals surface area contributed by atoms with Gasteiger partial charge in [-0.1, -0.05) is 78.9 Å². The Labute approximate surface area is 199 Å². The summed E-state index contributed by atoms with van der Waals surface area (Å²) in [5.74, 6) is 1.05. The van der Waals surface area contributed by atoms with Gasteiger partial charge in [-0.2, -0.15) is 0 Å². The summed E-state index contributed by atoms with van der Waals surface area (Å²) in [6, 6.07) is 38.0. The van der Waals surface area contributed by atoms with Crippen molar-refractivity contribution >= 4 is 42.3 Å². The molecule has 2 heterocycles. The van der Waals surface area contributed by atoms with Gasteiger partial charge in [-0.05, 0) is 52.2 Å². The number of hydrogen-bond acceptors (Lipinski definition) is 4. The summed E-state index contributed by atoms with van der Waals surface area (Å²) in [4.78, 5) is 0. The van der Waals surface area contributed by atoms with Crippen molar-refractivity contribution in [2.45, 2.75) is 0 Å². The third-order valence-corrected chi connectivity index (χ3v) is 7.49. The van der Waals surface area contributed by atoms with E-state index in [4.69, 9.17) is 4.42 Å². The lowest BCUT2D eigenvalue weighted by atomic mass is 10.0. The lowest BCUT2D eigenvalue weighted by Crippen LogP contribution is -1.81. The van der Waals surface area contributed by atoms with Gasteiger partial charge in [0.05, 0.1) is 0 Å². The zero-order valence-electron chi connectivity index (χ0n) is 18.1. The van der Waals surface area contributed by atoms with Crippen LogP contribution in [0.3, 0.4) is 0 Å². The predicted molar refractivity (Wildman–Crippen MR) is 141 cm³/mol. The number of thiophene rings is 1. The van der Waals surface area contributed by atoms with Gasteiger partial charge < -0.3 is 4.42 Å². The van der Waals surface area contributed by atoms with E-state index in [9.17, 15) is 0 Å². The van der Waals surface area contributed by atoms with Gasteiger partial charge in [-0.3, -0.25) is 0 Å². The van der Waals surface area contributed by atoms with E-state index in [0.29, 0.717) is 11.8 Å². The normalized spacial score (nSPS) is 11.5. The maximum atomic E-state index is 6.04. The molecule has 0 aliphatic heterocycles. The first kappa shape index (κ1) is 19.2. The van der Waals surface area contributed by atoms with E-state index in [1.54, 1.807) is 0 Å². The third-order valence-electron chi connectivity index (χ3n) is 6.27. The largest absolute Gasteiger partial charge is 0.416 e. The standard InChI is InChI=1S/C30H18N2OS/c1-2-7-22-18-23(17-12-19(22)6-1)30-32-31-29(33-30)21-15-13-20(14-16-21)24-9-5-10-26-25-8-3-4-11-27(25)34-28(24)26/h1-18H. The molecule has 2 aromatic heterocycles. The van der Waals surface area contributed by atoms with E-state index < -0.39 is 0 Å². The second-order valence-electron chi connectivity index (χ2n) is 8.33. The van der Waals surface area contributed by atoms with E-state index in [1.165, 1.54) is 36.7 Å². The minimum absolute atomic E-state index is 0.523. The first-order valence-corrected chi connectivity index (χ1v) is 12.0. The molecule has 0 bridgehead atoms. The van der Waals surface area contributed by atoms with Crippen molar-refractivity contribution in [2.24, 2.45) is 0 Å². The topological polar surface area (TPSA) is 38.9 Å². The molecule has 160 valence electrons. The van der Waals surface area contributed by atoms with Gasteiger partial charge in [0.2, 0.25) is 11.8 Å². The van der Waals surface area contributed by atoms with Crippen LogP contribution in [0.4, 0.5) is 0 Å². The molecule has 0 unspecified atom stereocenters. The summed E-state index contributed by atoms with van der Waals surface area (Å²) in [7, 11) is 0. The van der Waals surface area contributed by atoms with E-state index in [2.05, 4.69) is 101 Å². The Morgan fingerprint density at radius 1 is 0.529 bits per heavy atom. The molecule has 0 radical (unpaired) electrons. The smallest absolute Gasteiger partial charge is 0.248 e. The van der Waals surface area contributed by atoms with Crippen molar-refractivity contribution in [3.8, 4) is 34.0 Å². The minimum atomic E-state index is 0.523. The molecule has 0 saturated carbocycles. The molecule has 0 amide bonds. The molecule has 0 aliphatic rings. The molecule has 34 heavy (non-hydrogen) atoms. The van der Waals surface area contributed by atoms with Crippen LogP contribution in [0.1, 0.15) is 0 Å². The van der Waals surface area contributed by atoms with Crippen LogP contribution in [0.15, 0.2) is 114 Å². The number of aromatic nitrogens is 2. The fraction of sp³-hybridized carbons (Fsp3) is 0. The van der Waals surface area contributed by atoms with E-state index >= 15 is 0 Å². The predicted octanol–water partition coefficient (Wildman–Crippen LogP) is 8.59. The summed E-state index contributed by atoms with van der Waals surface area (Å²) in [5.41, 5.74) is 4.25. The van der Waals surface area contributed by atoms with Crippen LogP contribution in [0.25, 0.3) is 65.0 Å². The monoisotopic (exact) mass is 454 g/mol. The van der Waals surface area contributed by atoms with Gasteiger partial charge in [-0.15, -0.1) is 21.5 Å². The van der Waals surface area contributed by atoms with Crippen molar-refractivity contribution in [1.29, 1.82) is 0 Å². The number of rotatable bonds is 3. The van der Waals surface area contributed by atoms with Crippen LogP contribution in [0.5, 0.6) is 0 Å². The van der Waals surface area contributed by atoms with Crippen molar-refractivity contribution in [3.63, 3.8) is 0 Å². The van der Waals surface area contributed by atoms with Crippen LogP contribution >= 0.6 is 11.3 Å². The summed E-state index contributed by atoms with van der Waals surface area (Å²) in [6.07, 6.45) is 0. The second kappa shape index (κ2) is 7.65. The number of nitrogens with zero attached hydrogens (tertiary/aromatic N) is 2. The van der Waals surface area contributed by atoms with Crippen LogP contribution in [-0.4, -0.2) is 10.2 Å². The summed E-state index contributed by atoms with van der Waals surface area (Å²) >= 11 is 1.84. The number of benzene rings is 5. The van der Waals surface area contributed by atoms with Gasteiger partial charge in [-0.25, -0.2) is 0 Å². The van der Waals surface area contributed by atoms with Crippen molar-refractivity contribution in [3.05, 3.63) is 109 Å². The van der Waals surface area contributed by atoms with Crippen molar-refractivity contribution in [1.82, 2.24) is 10.2 Å². The van der Waals surface area contributed by atoms with E-state index in [-0.39, 0.29) is 0 Å². The number of hydrogen-bond donors (Lipinski definition) is 0. The summed E-state index contributed by atoms with van der Waals surface area (Å²) in [6.45, 7) is 0. The molecule has 0 aliphatic carbocycles. The highest BCUT2D eigenvalue weighted by molar-refractivity contribution is 7.26. The molecule has 0 fully saturated rings. The highest BCUT2D eigenvalue weighted by atomic mass is 32.1. The Bertz CT molecular complexity index is 1810. The molecular formula is C30H18N2OS. The molecule has 7 rings (SSSR count). The Kier molecular flexibility index (Phi) is 4.32. The average molecular weight is 455 g/mol. The molecule has 7 aromatic rings. The van der Waals surface area contributed by atoms with Crippen LogP contribution < -0.4 is 0 Å². The molecule has 3 nitrogen and oxygen atoms in total. The first-order valence-electron chi connectivity index (χ1n) is 11.2. The van der Waals surface area contributed by atoms with Gasteiger partial charge in [0.25, 0.3) is 0 Å². The third kappa shape index (κ3) is 3.11. The lowest BCUT2D eigenvalue weighted by Gasteiger charge is -2.04. The molecule has 0 N–H and O–H groups in total. The Hall–Kier alpha value is -4.28. The minimum Gasteiger partial charge on any atom is -0.416 e. The molecule has 4 heteroatoms. The van der Waals surface area contributed by atoms with Crippen LogP contribution in [0, 0.1) is 0 Å². The molecule has 5 aromatic carbocycles. The molecule has 0 spiro atoms. The highest BCUT2D eigenvalue weighted by Gasteiger charge is 2.13. The van der Waals surface area contributed by atoms with Gasteiger partial charge in [0.1, 0.15) is 0 Å². The Morgan fingerprint density at radius 3 is 2.09 bits per heavy atom. The quantitative estimate of drug-likeness (QED) is 0.268. The second-order valence-corrected chi connectivity index (χ2v) is 9.38. The highest BCUT2D eigenvalue weighted by Crippen LogP contribution is 2.40. The summed E-state index contributed by atoms with van der Waals surface area (Å²) in [5, 5.41) is 13.6. The maximum absolute atomic E-state index is 6.04. The van der Waals surface area contributed by atoms with E-state index in [1.807, 2.05) is 29.5 Å². The average Bonchev–Trinajstić information content (AvgIpc) is 3.54. The maximum Gasteiger partial charge on any atom is 0.248 e. The Balaban J connectivity index is 1.24. The lowest BCUT2D eigenvalue weighted by molar-refractivity contribution is 0.584. The van der Waals surface area contributed by atoms with Gasteiger partial charge in [0.15, 0.2) is 0 Å². The molecule has 0 saturated heterocycles. The number of fused-ring (bicyclic) bond motifs is 4. The summed E-state index contributed by atoms with van der Waals surface area (Å²) < 4.78 is 8.67.